The highest BCUT2D eigenvalue weighted by Gasteiger charge is 2.50. The zero-order chi connectivity index (χ0) is 21.3. The standard InChI is InChI=1S/C21H33N3O5/c1-5-29-12-16(25)22-15-11-23(10-14(15)13-6-7-13)20(28)19(21(2,3)4)24-17(26)8-9-18(24)27/h13-15,19H,5-12H2,1-4H3,(H,22,25)/t14-,15+,19?/m0/s1. The minimum Gasteiger partial charge on any atom is -0.372 e. The number of ether oxygens (including phenoxy) is 1. The Balaban J connectivity index is 1.75. The maximum atomic E-state index is 13.5. The fourth-order valence-electron chi connectivity index (χ4n) is 4.53. The summed E-state index contributed by atoms with van der Waals surface area (Å²) in [6.07, 6.45) is 2.55. The van der Waals surface area contributed by atoms with Gasteiger partial charge in [0, 0.05) is 38.5 Å². The molecule has 1 unspecified atom stereocenters. The molecule has 0 bridgehead atoms. The molecule has 2 heterocycles. The molecule has 3 fully saturated rings. The lowest BCUT2D eigenvalue weighted by molar-refractivity contribution is -0.154. The molecule has 29 heavy (non-hydrogen) atoms. The number of nitrogens with one attached hydrogen (secondary N) is 1. The summed E-state index contributed by atoms with van der Waals surface area (Å²) in [5, 5.41) is 3.03. The average Bonchev–Trinajstić information content (AvgIpc) is 3.33. The Morgan fingerprint density at radius 1 is 1.14 bits per heavy atom. The quantitative estimate of drug-likeness (QED) is 0.634. The lowest BCUT2D eigenvalue weighted by Crippen LogP contribution is -2.56. The highest BCUT2D eigenvalue weighted by Crippen LogP contribution is 2.42. The highest BCUT2D eigenvalue weighted by molar-refractivity contribution is 6.05. The fourth-order valence-corrected chi connectivity index (χ4v) is 4.53. The Hall–Kier alpha value is -1.96. The van der Waals surface area contributed by atoms with E-state index in [4.69, 9.17) is 4.74 Å². The molecule has 3 atom stereocenters. The molecule has 0 spiro atoms. The number of amides is 4. The normalized spacial score (nSPS) is 26.2. The van der Waals surface area contributed by atoms with E-state index in [0.717, 1.165) is 12.8 Å². The average molecular weight is 408 g/mol. The maximum absolute atomic E-state index is 13.5. The maximum Gasteiger partial charge on any atom is 0.246 e. The Morgan fingerprint density at radius 2 is 1.76 bits per heavy atom. The molecule has 2 saturated heterocycles. The minimum atomic E-state index is -0.817. The van der Waals surface area contributed by atoms with E-state index < -0.39 is 11.5 Å². The van der Waals surface area contributed by atoms with E-state index in [1.807, 2.05) is 27.7 Å². The van der Waals surface area contributed by atoms with Crippen LogP contribution in [-0.4, -0.2) is 71.8 Å². The van der Waals surface area contributed by atoms with Crippen molar-refractivity contribution in [2.75, 3.05) is 26.3 Å². The molecule has 0 aromatic carbocycles. The van der Waals surface area contributed by atoms with Crippen LogP contribution in [0, 0.1) is 17.3 Å². The summed E-state index contributed by atoms with van der Waals surface area (Å²) < 4.78 is 5.19. The number of hydrogen-bond donors (Lipinski definition) is 1. The van der Waals surface area contributed by atoms with Crippen LogP contribution < -0.4 is 5.32 Å². The zero-order valence-corrected chi connectivity index (χ0v) is 17.9. The van der Waals surface area contributed by atoms with Gasteiger partial charge in [-0.2, -0.15) is 0 Å². The third-order valence-corrected chi connectivity index (χ3v) is 6.09. The third kappa shape index (κ3) is 4.79. The van der Waals surface area contributed by atoms with Crippen LogP contribution in [0.5, 0.6) is 0 Å². The smallest absolute Gasteiger partial charge is 0.246 e. The molecule has 4 amide bonds. The molecule has 0 aromatic heterocycles. The van der Waals surface area contributed by atoms with Crippen LogP contribution in [0.1, 0.15) is 53.4 Å². The molecule has 1 N–H and O–H groups in total. The number of carbonyl (C=O) groups excluding carboxylic acids is 4. The number of carbonyl (C=O) groups is 4. The van der Waals surface area contributed by atoms with E-state index in [2.05, 4.69) is 5.32 Å². The number of likely N-dealkylation sites (tertiary alicyclic amines) is 2. The van der Waals surface area contributed by atoms with Crippen LogP contribution in [0.4, 0.5) is 0 Å². The summed E-state index contributed by atoms with van der Waals surface area (Å²) in [6.45, 7) is 8.91. The number of hydrogen-bond acceptors (Lipinski definition) is 5. The molecular formula is C21H33N3O5. The molecule has 2 aliphatic heterocycles. The van der Waals surface area contributed by atoms with Crippen LogP contribution in [0.2, 0.25) is 0 Å². The van der Waals surface area contributed by atoms with E-state index in [9.17, 15) is 19.2 Å². The second-order valence-corrected chi connectivity index (χ2v) is 9.48. The van der Waals surface area contributed by atoms with Gasteiger partial charge in [0.25, 0.3) is 0 Å². The minimum absolute atomic E-state index is 0.0136. The van der Waals surface area contributed by atoms with Crippen molar-refractivity contribution in [1.82, 2.24) is 15.1 Å². The van der Waals surface area contributed by atoms with Gasteiger partial charge >= 0.3 is 0 Å². The van der Waals surface area contributed by atoms with Crippen LogP contribution >= 0.6 is 0 Å². The van der Waals surface area contributed by atoms with Gasteiger partial charge in [-0.25, -0.2) is 0 Å². The molecule has 8 nitrogen and oxygen atoms in total. The molecule has 8 heteroatoms. The molecule has 3 rings (SSSR count). The fraction of sp³-hybridized carbons (Fsp3) is 0.810. The molecular weight excluding hydrogens is 374 g/mol. The van der Waals surface area contributed by atoms with Gasteiger partial charge < -0.3 is 15.0 Å². The highest BCUT2D eigenvalue weighted by atomic mass is 16.5. The first-order valence-electron chi connectivity index (χ1n) is 10.6. The van der Waals surface area contributed by atoms with E-state index in [0.29, 0.717) is 25.6 Å². The van der Waals surface area contributed by atoms with Crippen molar-refractivity contribution in [2.24, 2.45) is 17.3 Å². The van der Waals surface area contributed by atoms with E-state index in [1.165, 1.54) is 4.90 Å². The summed E-state index contributed by atoms with van der Waals surface area (Å²) in [4.78, 5) is 53.3. The van der Waals surface area contributed by atoms with Gasteiger partial charge in [-0.1, -0.05) is 20.8 Å². The predicted octanol–water partition coefficient (Wildman–Crippen LogP) is 0.940. The van der Waals surface area contributed by atoms with E-state index in [1.54, 1.807) is 4.90 Å². The third-order valence-electron chi connectivity index (χ3n) is 6.09. The van der Waals surface area contributed by atoms with Crippen molar-refractivity contribution >= 4 is 23.6 Å². The molecule has 162 valence electrons. The molecule has 1 saturated carbocycles. The van der Waals surface area contributed by atoms with Crippen LogP contribution in [0.3, 0.4) is 0 Å². The van der Waals surface area contributed by atoms with Crippen molar-refractivity contribution in [2.45, 2.75) is 65.5 Å². The van der Waals surface area contributed by atoms with Gasteiger partial charge in [-0.15, -0.1) is 0 Å². The molecule has 0 aromatic rings. The number of rotatable bonds is 7. The second kappa shape index (κ2) is 8.42. The van der Waals surface area contributed by atoms with Crippen molar-refractivity contribution in [3.05, 3.63) is 0 Å². The monoisotopic (exact) mass is 407 g/mol. The van der Waals surface area contributed by atoms with E-state index >= 15 is 0 Å². The van der Waals surface area contributed by atoms with Gasteiger partial charge in [0.15, 0.2) is 0 Å². The largest absolute Gasteiger partial charge is 0.372 e. The van der Waals surface area contributed by atoms with Gasteiger partial charge in [0.1, 0.15) is 12.6 Å². The summed E-state index contributed by atoms with van der Waals surface area (Å²) in [5.41, 5.74) is -0.571. The zero-order valence-electron chi connectivity index (χ0n) is 17.9. The second-order valence-electron chi connectivity index (χ2n) is 9.48. The van der Waals surface area contributed by atoms with Crippen LogP contribution in [-0.2, 0) is 23.9 Å². The van der Waals surface area contributed by atoms with E-state index in [-0.39, 0.29) is 55.0 Å². The lowest BCUT2D eigenvalue weighted by atomic mass is 9.84. The first kappa shape index (κ1) is 21.7. The topological polar surface area (TPSA) is 96.0 Å². The first-order valence-corrected chi connectivity index (χ1v) is 10.6. The Morgan fingerprint density at radius 3 is 2.28 bits per heavy atom. The van der Waals surface area contributed by atoms with Gasteiger partial charge in [0.2, 0.25) is 23.6 Å². The van der Waals surface area contributed by atoms with Gasteiger partial charge in [-0.05, 0) is 31.1 Å². The van der Waals surface area contributed by atoms with Gasteiger partial charge in [0.05, 0.1) is 6.04 Å². The van der Waals surface area contributed by atoms with Crippen LogP contribution in [0.25, 0.3) is 0 Å². The predicted molar refractivity (Wildman–Crippen MR) is 106 cm³/mol. The summed E-state index contributed by atoms with van der Waals surface area (Å²) >= 11 is 0. The van der Waals surface area contributed by atoms with Crippen molar-refractivity contribution in [3.8, 4) is 0 Å². The van der Waals surface area contributed by atoms with Crippen LogP contribution in [0.15, 0.2) is 0 Å². The molecule has 1 aliphatic carbocycles. The Kier molecular flexibility index (Phi) is 6.31. The summed E-state index contributed by atoms with van der Waals surface area (Å²) in [6, 6.07) is -0.937. The summed E-state index contributed by atoms with van der Waals surface area (Å²) in [5.74, 6) is -0.212. The molecule has 3 aliphatic rings. The Labute approximate surface area is 172 Å². The SMILES string of the molecule is CCOCC(=O)N[C@@H]1CN(C(=O)C(N2C(=O)CCC2=O)C(C)(C)C)C[C@H]1C1CC1. The number of nitrogens with zero attached hydrogens (tertiary/aromatic N) is 2. The first-order chi connectivity index (χ1) is 13.6. The summed E-state index contributed by atoms with van der Waals surface area (Å²) in [7, 11) is 0. The van der Waals surface area contributed by atoms with Gasteiger partial charge in [-0.3, -0.25) is 24.1 Å². The molecule has 0 radical (unpaired) electrons. The Bertz CT molecular complexity index is 666. The van der Waals surface area contributed by atoms with Crippen molar-refractivity contribution in [1.29, 1.82) is 0 Å². The number of imide groups is 1. The lowest BCUT2D eigenvalue weighted by Gasteiger charge is -2.37. The van der Waals surface area contributed by atoms with Crippen molar-refractivity contribution < 1.29 is 23.9 Å². The van der Waals surface area contributed by atoms with Crippen molar-refractivity contribution in [3.63, 3.8) is 0 Å².